The molecule has 0 saturated heterocycles. The molecule has 13 heavy (non-hydrogen) atoms. The topological polar surface area (TPSA) is 42.0 Å². The number of nitrogens with zero attached hydrogens (tertiary/aromatic N) is 1. The van der Waals surface area contributed by atoms with E-state index in [-0.39, 0.29) is 7.33 Å². The van der Waals surface area contributed by atoms with Crippen molar-refractivity contribution in [3.8, 4) is 0 Å². The Hall–Kier alpha value is -1.38. The van der Waals surface area contributed by atoms with Gasteiger partial charge in [0.1, 0.15) is 0 Å². The van der Waals surface area contributed by atoms with Crippen molar-refractivity contribution in [3.63, 3.8) is 0 Å². The van der Waals surface area contributed by atoms with Crippen molar-refractivity contribution in [1.82, 2.24) is 4.98 Å². The van der Waals surface area contributed by atoms with E-state index in [1.807, 2.05) is 6.20 Å². The first kappa shape index (κ1) is 8.23. The average molecular weight is 178 g/mol. The lowest BCUT2D eigenvalue weighted by atomic mass is 10.0. The summed E-state index contributed by atoms with van der Waals surface area (Å²) in [5.41, 5.74) is 3.13. The van der Waals surface area contributed by atoms with Gasteiger partial charge in [0.25, 0.3) is 0 Å². The minimum absolute atomic E-state index is 0. The van der Waals surface area contributed by atoms with Gasteiger partial charge >= 0.3 is 0 Å². The number of carbonyl (C=O) groups excluding carboxylic acids is 1. The maximum atomic E-state index is 11.1. The van der Waals surface area contributed by atoms with Crippen LogP contribution < -0.4 is 5.32 Å². The van der Waals surface area contributed by atoms with Crippen LogP contribution in [0, 0.1) is 0 Å². The molecular weight excluding hydrogens is 164 g/mol. The average Bonchev–Trinajstić information content (AvgIpc) is 2.43. The summed E-state index contributed by atoms with van der Waals surface area (Å²) in [4.78, 5) is 15.3. The van der Waals surface area contributed by atoms with Gasteiger partial charge in [-0.05, 0) is 11.5 Å². The molecule has 1 aromatic heterocycles. The number of anilines is 1. The third-order valence-corrected chi connectivity index (χ3v) is 2.29. The fourth-order valence-corrected chi connectivity index (χ4v) is 1.60. The normalized spacial score (nSPS) is 14.5. The molecule has 0 aromatic carbocycles. The second-order valence-electron chi connectivity index (χ2n) is 3.64. The zero-order chi connectivity index (χ0) is 9.42. The molecule has 1 N–H and O–H groups in total. The Morgan fingerprint density at radius 3 is 3.00 bits per heavy atom. The van der Waals surface area contributed by atoms with Gasteiger partial charge in [-0.3, -0.25) is 9.78 Å². The highest BCUT2D eigenvalue weighted by molar-refractivity contribution is 5.99. The monoisotopic (exact) mass is 178 g/mol. The van der Waals surface area contributed by atoms with Gasteiger partial charge < -0.3 is 5.32 Å². The Morgan fingerprint density at radius 1 is 1.54 bits per heavy atom. The number of aromatic nitrogens is 1. The van der Waals surface area contributed by atoms with E-state index in [4.69, 9.17) is 0 Å². The van der Waals surface area contributed by atoms with Crippen molar-refractivity contribution in [2.24, 2.45) is 0 Å². The second-order valence-corrected chi connectivity index (χ2v) is 3.64. The van der Waals surface area contributed by atoms with Gasteiger partial charge in [-0.1, -0.05) is 13.8 Å². The quantitative estimate of drug-likeness (QED) is 0.714. The zero-order valence-electron chi connectivity index (χ0n) is 7.79. The van der Waals surface area contributed by atoms with Crippen LogP contribution in [0.2, 0.25) is 0 Å². The highest BCUT2D eigenvalue weighted by Crippen LogP contribution is 2.30. The summed E-state index contributed by atoms with van der Waals surface area (Å²) in [7, 11) is 0. The highest BCUT2D eigenvalue weighted by atomic mass is 16.1. The molecule has 3 nitrogen and oxygen atoms in total. The molecule has 1 aliphatic rings. The smallest absolute Gasteiger partial charge is 0.228 e. The Labute approximate surface area is 78.7 Å². The number of rotatable bonds is 1. The molecule has 0 fully saturated rings. The van der Waals surface area contributed by atoms with Gasteiger partial charge in [-0.25, -0.2) is 0 Å². The Kier molecular flexibility index (Phi) is 1.79. The minimum Gasteiger partial charge on any atom is -0.325 e. The molecule has 1 aliphatic heterocycles. The number of amides is 1. The lowest BCUT2D eigenvalue weighted by Crippen LogP contribution is -2.05. The standard InChI is InChI=1S/C10H12N2O.H2/c1-6(2)8-5-11-4-7-3-9(13)12-10(7)8;/h4-6H,3H2,1-2H3,(H,12,13);1H. The molecule has 0 aliphatic carbocycles. The van der Waals surface area contributed by atoms with E-state index in [1.165, 1.54) is 0 Å². The Morgan fingerprint density at radius 2 is 2.31 bits per heavy atom. The zero-order valence-corrected chi connectivity index (χ0v) is 7.79. The van der Waals surface area contributed by atoms with Crippen molar-refractivity contribution in [2.45, 2.75) is 26.2 Å². The van der Waals surface area contributed by atoms with E-state index in [0.717, 1.165) is 16.8 Å². The highest BCUT2D eigenvalue weighted by Gasteiger charge is 2.21. The molecule has 3 heteroatoms. The molecular formula is C10H14N2O. The third kappa shape index (κ3) is 1.30. The van der Waals surface area contributed by atoms with E-state index in [9.17, 15) is 4.79 Å². The van der Waals surface area contributed by atoms with Crippen molar-refractivity contribution in [2.75, 3.05) is 5.32 Å². The molecule has 2 rings (SSSR count). The molecule has 0 spiro atoms. The lowest BCUT2D eigenvalue weighted by Gasteiger charge is -2.09. The molecule has 2 heterocycles. The summed E-state index contributed by atoms with van der Waals surface area (Å²) in [6, 6.07) is 0. The number of fused-ring (bicyclic) bond motifs is 1. The van der Waals surface area contributed by atoms with Gasteiger partial charge in [-0.2, -0.15) is 0 Å². The van der Waals surface area contributed by atoms with Crippen LogP contribution in [0.25, 0.3) is 0 Å². The molecule has 0 saturated carbocycles. The predicted molar refractivity (Wildman–Crippen MR) is 52.8 cm³/mol. The van der Waals surface area contributed by atoms with Crippen LogP contribution in [0.3, 0.4) is 0 Å². The van der Waals surface area contributed by atoms with Crippen LogP contribution >= 0.6 is 0 Å². The van der Waals surface area contributed by atoms with Crippen LogP contribution in [0.1, 0.15) is 32.3 Å². The van der Waals surface area contributed by atoms with Crippen LogP contribution in [0.5, 0.6) is 0 Å². The predicted octanol–water partition coefficient (Wildman–Crippen LogP) is 1.95. The van der Waals surface area contributed by atoms with Crippen LogP contribution in [-0.4, -0.2) is 10.9 Å². The molecule has 0 radical (unpaired) electrons. The Bertz CT molecular complexity index is 363. The molecule has 0 unspecified atom stereocenters. The summed E-state index contributed by atoms with van der Waals surface area (Å²) < 4.78 is 0. The molecule has 1 aromatic rings. The van der Waals surface area contributed by atoms with Crippen LogP contribution in [0.15, 0.2) is 12.4 Å². The number of hydrogen-bond acceptors (Lipinski definition) is 2. The van der Waals surface area contributed by atoms with Gasteiger partial charge in [0.2, 0.25) is 5.91 Å². The lowest BCUT2D eigenvalue weighted by molar-refractivity contribution is -0.115. The fraction of sp³-hybridized carbons (Fsp3) is 0.400. The number of pyridine rings is 1. The third-order valence-electron chi connectivity index (χ3n) is 2.29. The summed E-state index contributed by atoms with van der Waals surface area (Å²) in [6.07, 6.45) is 4.07. The summed E-state index contributed by atoms with van der Waals surface area (Å²) in [6.45, 7) is 4.20. The van der Waals surface area contributed by atoms with Gasteiger partial charge in [0.05, 0.1) is 12.1 Å². The van der Waals surface area contributed by atoms with E-state index in [1.54, 1.807) is 6.20 Å². The minimum atomic E-state index is 0. The maximum absolute atomic E-state index is 11.1. The number of hydrogen-bond donors (Lipinski definition) is 1. The SMILES string of the molecule is CC(C)c1cncc2c1NC(=O)C2.[HH]. The van der Waals surface area contributed by atoms with Crippen molar-refractivity contribution in [1.29, 1.82) is 0 Å². The molecule has 1 amide bonds. The van der Waals surface area contributed by atoms with Crippen LogP contribution in [-0.2, 0) is 11.2 Å². The first-order valence-electron chi connectivity index (χ1n) is 4.45. The van der Waals surface area contributed by atoms with E-state index >= 15 is 0 Å². The summed E-state index contributed by atoms with van der Waals surface area (Å²) in [5.74, 6) is 0.478. The molecule has 0 bridgehead atoms. The van der Waals surface area contributed by atoms with Crippen molar-refractivity contribution in [3.05, 3.63) is 23.5 Å². The summed E-state index contributed by atoms with van der Waals surface area (Å²) in [5, 5.41) is 2.87. The fourth-order valence-electron chi connectivity index (χ4n) is 1.60. The van der Waals surface area contributed by atoms with E-state index in [2.05, 4.69) is 24.1 Å². The number of carbonyl (C=O) groups is 1. The maximum Gasteiger partial charge on any atom is 0.228 e. The van der Waals surface area contributed by atoms with Gasteiger partial charge in [0, 0.05) is 19.4 Å². The first-order chi connectivity index (χ1) is 6.18. The molecule has 0 atom stereocenters. The van der Waals surface area contributed by atoms with Crippen LogP contribution in [0.4, 0.5) is 5.69 Å². The van der Waals surface area contributed by atoms with E-state index < -0.39 is 0 Å². The van der Waals surface area contributed by atoms with Crippen molar-refractivity contribution >= 4 is 11.6 Å². The second kappa shape index (κ2) is 2.83. The largest absolute Gasteiger partial charge is 0.325 e. The van der Waals surface area contributed by atoms with Gasteiger partial charge in [0.15, 0.2) is 0 Å². The molecule has 70 valence electrons. The first-order valence-corrected chi connectivity index (χ1v) is 4.45. The summed E-state index contributed by atoms with van der Waals surface area (Å²) >= 11 is 0. The Balaban J connectivity index is 0.000000980. The number of nitrogens with one attached hydrogen (secondary N) is 1. The van der Waals surface area contributed by atoms with Crippen molar-refractivity contribution < 1.29 is 6.22 Å². The van der Waals surface area contributed by atoms with E-state index in [0.29, 0.717) is 12.3 Å². The van der Waals surface area contributed by atoms with Gasteiger partial charge in [-0.15, -0.1) is 0 Å².